The van der Waals surface area contributed by atoms with Gasteiger partial charge in [-0.1, -0.05) is 24.3 Å². The van der Waals surface area contributed by atoms with Gasteiger partial charge in [0.25, 0.3) is 0 Å². The Morgan fingerprint density at radius 1 is 1.14 bits per heavy atom. The van der Waals surface area contributed by atoms with Gasteiger partial charge in [-0.3, -0.25) is 14.4 Å². The molecule has 0 aliphatic heterocycles. The molecule has 0 bridgehead atoms. The topological polar surface area (TPSA) is 108 Å². The van der Waals surface area contributed by atoms with Crippen molar-refractivity contribution >= 4 is 23.8 Å². The number of Topliss-reactive ketones (excluding diaryl/α,β-unsaturated/α-hetero) is 1. The van der Waals surface area contributed by atoms with Crippen molar-refractivity contribution in [2.75, 3.05) is 13.7 Å². The monoisotopic (exact) mass is 411 g/mol. The van der Waals surface area contributed by atoms with Gasteiger partial charge in [0.15, 0.2) is 5.78 Å². The molecular formula is C21H33NO7. The summed E-state index contributed by atoms with van der Waals surface area (Å²) >= 11 is 0. The molecule has 0 saturated heterocycles. The van der Waals surface area contributed by atoms with E-state index in [1.54, 1.807) is 26.8 Å². The van der Waals surface area contributed by atoms with Crippen LogP contribution in [0.25, 0.3) is 0 Å². The molecule has 0 aromatic carbocycles. The predicted octanol–water partition coefficient (Wildman–Crippen LogP) is 3.10. The molecule has 1 amide bonds. The molecule has 0 aliphatic rings. The summed E-state index contributed by atoms with van der Waals surface area (Å²) < 4.78 is 14.8. The molecule has 0 aromatic heterocycles. The van der Waals surface area contributed by atoms with Crippen molar-refractivity contribution in [3.8, 4) is 0 Å². The maximum Gasteiger partial charge on any atom is 0.408 e. The van der Waals surface area contributed by atoms with Crippen molar-refractivity contribution in [1.29, 1.82) is 0 Å². The minimum atomic E-state index is -1.14. The second kappa shape index (κ2) is 12.7. The van der Waals surface area contributed by atoms with E-state index >= 15 is 0 Å². The summed E-state index contributed by atoms with van der Waals surface area (Å²) in [5.74, 6) is -2.96. The number of hydrogen-bond donors (Lipinski definition) is 1. The van der Waals surface area contributed by atoms with Crippen molar-refractivity contribution in [2.24, 2.45) is 5.92 Å². The highest BCUT2D eigenvalue weighted by atomic mass is 16.6. The van der Waals surface area contributed by atoms with E-state index in [-0.39, 0.29) is 25.9 Å². The van der Waals surface area contributed by atoms with Crippen LogP contribution in [0.5, 0.6) is 0 Å². The highest BCUT2D eigenvalue weighted by Crippen LogP contribution is 2.17. The average Bonchev–Trinajstić information content (AvgIpc) is 2.61. The molecule has 0 rings (SSSR count). The van der Waals surface area contributed by atoms with Gasteiger partial charge in [0.2, 0.25) is 0 Å². The number of ether oxygens (including phenoxy) is 3. The number of esters is 2. The van der Waals surface area contributed by atoms with Crippen LogP contribution in [0.2, 0.25) is 0 Å². The molecule has 0 saturated carbocycles. The number of carbonyl (C=O) groups excluding carboxylic acids is 4. The Hall–Kier alpha value is -2.64. The maximum atomic E-state index is 13.1. The van der Waals surface area contributed by atoms with E-state index in [1.165, 1.54) is 13.2 Å². The molecule has 0 heterocycles. The second-order valence-corrected chi connectivity index (χ2v) is 7.70. The van der Waals surface area contributed by atoms with Crippen LogP contribution in [-0.4, -0.2) is 49.2 Å². The van der Waals surface area contributed by atoms with Crippen molar-refractivity contribution in [3.05, 3.63) is 24.3 Å². The van der Waals surface area contributed by atoms with E-state index in [1.807, 2.05) is 13.8 Å². The number of rotatable bonds is 11. The standard InChI is InChI=1S/C21H33NO7/c1-8-13-28-19(25)15(10-9-14(2)3)18(24)16(11-12-17(23)27-7)22-20(26)29-21(4,5)6/h8-9,15-16H,1,10-13H2,2-7H3,(H,22,26)/t15?,16-/m0/s1. The van der Waals surface area contributed by atoms with Gasteiger partial charge in [0.1, 0.15) is 18.1 Å². The molecule has 29 heavy (non-hydrogen) atoms. The lowest BCUT2D eigenvalue weighted by Crippen LogP contribution is -2.47. The quantitative estimate of drug-likeness (QED) is 0.241. The van der Waals surface area contributed by atoms with E-state index in [4.69, 9.17) is 9.47 Å². The third-order valence-electron chi connectivity index (χ3n) is 3.63. The lowest BCUT2D eigenvalue weighted by molar-refractivity contribution is -0.151. The van der Waals surface area contributed by atoms with E-state index in [2.05, 4.69) is 16.6 Å². The summed E-state index contributed by atoms with van der Waals surface area (Å²) in [5, 5.41) is 2.46. The summed E-state index contributed by atoms with van der Waals surface area (Å²) in [6.07, 6.45) is 2.28. The minimum absolute atomic E-state index is 0.0369. The largest absolute Gasteiger partial charge is 0.469 e. The van der Waals surface area contributed by atoms with Gasteiger partial charge in [-0.15, -0.1) is 0 Å². The van der Waals surface area contributed by atoms with Crippen LogP contribution >= 0.6 is 0 Å². The van der Waals surface area contributed by atoms with E-state index < -0.39 is 41.4 Å². The van der Waals surface area contributed by atoms with Crippen LogP contribution in [0.15, 0.2) is 24.3 Å². The molecule has 0 fully saturated rings. The molecule has 8 heteroatoms. The maximum absolute atomic E-state index is 13.1. The van der Waals surface area contributed by atoms with Gasteiger partial charge >= 0.3 is 18.0 Å². The van der Waals surface area contributed by atoms with Gasteiger partial charge in [-0.25, -0.2) is 4.79 Å². The summed E-state index contributed by atoms with van der Waals surface area (Å²) in [4.78, 5) is 49.2. The number of nitrogens with one attached hydrogen (secondary N) is 1. The Kier molecular flexibility index (Phi) is 11.6. The van der Waals surface area contributed by atoms with Crippen molar-refractivity contribution in [3.63, 3.8) is 0 Å². The molecule has 0 radical (unpaired) electrons. The fourth-order valence-electron chi connectivity index (χ4n) is 2.27. The Morgan fingerprint density at radius 2 is 1.76 bits per heavy atom. The van der Waals surface area contributed by atoms with Crippen molar-refractivity contribution in [1.82, 2.24) is 5.32 Å². The first-order valence-electron chi connectivity index (χ1n) is 9.42. The number of methoxy groups -OCH3 is 1. The Bertz CT molecular complexity index is 627. The number of hydrogen-bond acceptors (Lipinski definition) is 7. The molecule has 1 N–H and O–H groups in total. The number of carbonyl (C=O) groups is 4. The first-order chi connectivity index (χ1) is 13.4. The van der Waals surface area contributed by atoms with Crippen LogP contribution in [0, 0.1) is 5.92 Å². The molecule has 164 valence electrons. The number of allylic oxidation sites excluding steroid dienone is 2. The van der Waals surface area contributed by atoms with E-state index in [0.29, 0.717) is 0 Å². The lowest BCUT2D eigenvalue weighted by Gasteiger charge is -2.25. The summed E-state index contributed by atoms with van der Waals surface area (Å²) in [6, 6.07) is -1.12. The normalized spacial score (nSPS) is 12.8. The lowest BCUT2D eigenvalue weighted by atomic mass is 9.91. The molecule has 0 aliphatic carbocycles. The molecule has 0 spiro atoms. The van der Waals surface area contributed by atoms with Crippen LogP contribution in [-0.2, 0) is 28.6 Å². The zero-order valence-corrected chi connectivity index (χ0v) is 18.2. The fraction of sp³-hybridized carbons (Fsp3) is 0.619. The fourth-order valence-corrected chi connectivity index (χ4v) is 2.27. The number of alkyl carbamates (subject to hydrolysis) is 1. The zero-order chi connectivity index (χ0) is 22.6. The summed E-state index contributed by atoms with van der Waals surface area (Å²) in [6.45, 7) is 12.2. The second-order valence-electron chi connectivity index (χ2n) is 7.70. The summed E-state index contributed by atoms with van der Waals surface area (Å²) in [7, 11) is 1.23. The predicted molar refractivity (Wildman–Crippen MR) is 108 cm³/mol. The molecule has 1 unspecified atom stereocenters. The van der Waals surface area contributed by atoms with Gasteiger partial charge in [-0.05, 0) is 47.5 Å². The highest BCUT2D eigenvalue weighted by Gasteiger charge is 2.34. The molecule has 0 aromatic rings. The smallest absolute Gasteiger partial charge is 0.408 e. The van der Waals surface area contributed by atoms with E-state index in [9.17, 15) is 19.2 Å². The molecular weight excluding hydrogens is 378 g/mol. The third-order valence-corrected chi connectivity index (χ3v) is 3.63. The zero-order valence-electron chi connectivity index (χ0n) is 18.2. The average molecular weight is 411 g/mol. The Labute approximate surface area is 172 Å². The van der Waals surface area contributed by atoms with E-state index in [0.717, 1.165) is 5.57 Å². The van der Waals surface area contributed by atoms with Gasteiger partial charge in [0, 0.05) is 6.42 Å². The van der Waals surface area contributed by atoms with Crippen LogP contribution in [0.4, 0.5) is 4.79 Å². The first kappa shape index (κ1) is 26.4. The van der Waals surface area contributed by atoms with Crippen LogP contribution < -0.4 is 5.32 Å². The highest BCUT2D eigenvalue weighted by molar-refractivity contribution is 6.03. The van der Waals surface area contributed by atoms with Crippen LogP contribution in [0.3, 0.4) is 0 Å². The summed E-state index contributed by atoms with van der Waals surface area (Å²) in [5.41, 5.74) is 0.148. The Balaban J connectivity index is 5.58. The first-order valence-corrected chi connectivity index (χ1v) is 9.42. The number of ketones is 1. The Morgan fingerprint density at radius 3 is 2.24 bits per heavy atom. The van der Waals surface area contributed by atoms with Gasteiger partial charge in [-0.2, -0.15) is 0 Å². The third kappa shape index (κ3) is 11.7. The van der Waals surface area contributed by atoms with Gasteiger partial charge < -0.3 is 19.5 Å². The van der Waals surface area contributed by atoms with Gasteiger partial charge in [0.05, 0.1) is 13.2 Å². The van der Waals surface area contributed by atoms with Crippen LogP contribution in [0.1, 0.15) is 53.9 Å². The minimum Gasteiger partial charge on any atom is -0.469 e. The van der Waals surface area contributed by atoms with Crippen molar-refractivity contribution in [2.45, 2.75) is 65.5 Å². The molecule has 8 nitrogen and oxygen atoms in total. The van der Waals surface area contributed by atoms with Crippen molar-refractivity contribution < 1.29 is 33.4 Å². The molecule has 2 atom stereocenters. The number of amides is 1. The SMILES string of the molecule is C=CCOC(=O)C(CC=C(C)C)C(=O)[C@H](CCC(=O)OC)NC(=O)OC(C)(C)C.